The van der Waals surface area contributed by atoms with Gasteiger partial charge >= 0.3 is 0 Å². The van der Waals surface area contributed by atoms with Crippen LogP contribution in [0.1, 0.15) is 44.1 Å². The van der Waals surface area contributed by atoms with Crippen LogP contribution < -0.4 is 11.1 Å². The van der Waals surface area contributed by atoms with Crippen LogP contribution in [0, 0.1) is 15.5 Å². The molecule has 0 aromatic heterocycles. The number of hydrogen-bond acceptors (Lipinski definition) is 4. The Bertz CT molecular complexity index is 543. The van der Waals surface area contributed by atoms with E-state index >= 15 is 0 Å². The Hall–Kier alpha value is -1.66. The van der Waals surface area contributed by atoms with Crippen molar-refractivity contribution in [1.82, 2.24) is 5.32 Å². The zero-order valence-electron chi connectivity index (χ0n) is 13.8. The van der Waals surface area contributed by atoms with Crippen molar-refractivity contribution >= 4 is 24.0 Å². The molecule has 1 fully saturated rings. The summed E-state index contributed by atoms with van der Waals surface area (Å²) in [6, 6.07) is 6.44. The van der Waals surface area contributed by atoms with Crippen LogP contribution in [-0.2, 0) is 11.2 Å². The molecule has 134 valence electrons. The van der Waals surface area contributed by atoms with Gasteiger partial charge in [0.1, 0.15) is 0 Å². The summed E-state index contributed by atoms with van der Waals surface area (Å²) < 4.78 is 0. The van der Waals surface area contributed by atoms with Crippen LogP contribution in [-0.4, -0.2) is 23.9 Å². The average Bonchev–Trinajstić information content (AvgIpc) is 2.56. The molecule has 3 N–H and O–H groups in total. The van der Waals surface area contributed by atoms with E-state index in [1.54, 1.807) is 12.1 Å². The number of nitro groups is 1. The maximum Gasteiger partial charge on any atom is 0.269 e. The topological polar surface area (TPSA) is 98.3 Å². The number of benzene rings is 1. The van der Waals surface area contributed by atoms with E-state index in [2.05, 4.69) is 5.32 Å². The summed E-state index contributed by atoms with van der Waals surface area (Å²) in [6.45, 7) is 1.11. The van der Waals surface area contributed by atoms with Gasteiger partial charge in [0.15, 0.2) is 0 Å². The van der Waals surface area contributed by atoms with Crippen molar-refractivity contribution in [2.75, 3.05) is 13.1 Å². The minimum atomic E-state index is -0.415. The third-order valence-corrected chi connectivity index (χ3v) is 4.77. The third-order valence-electron chi connectivity index (χ3n) is 4.77. The van der Waals surface area contributed by atoms with Gasteiger partial charge in [-0.05, 0) is 36.8 Å². The average molecular weight is 356 g/mol. The predicted octanol–water partition coefficient (Wildman–Crippen LogP) is 2.97. The molecule has 1 saturated carbocycles. The molecule has 0 atom stereocenters. The molecule has 1 aromatic rings. The first-order valence-corrected chi connectivity index (χ1v) is 8.25. The lowest BCUT2D eigenvalue weighted by molar-refractivity contribution is -0.384. The number of nitrogens with zero attached hydrogens (tertiary/aromatic N) is 1. The molecule has 0 aliphatic heterocycles. The SMILES string of the molecule is Cl.NCC1(CC(=O)NCCc2ccc([N+](=O)[O-])cc2)CCCCC1. The van der Waals surface area contributed by atoms with Gasteiger partial charge in [0.25, 0.3) is 5.69 Å². The summed E-state index contributed by atoms with van der Waals surface area (Å²) in [7, 11) is 0. The van der Waals surface area contributed by atoms with Gasteiger partial charge in [0.05, 0.1) is 4.92 Å². The van der Waals surface area contributed by atoms with Gasteiger partial charge in [-0.25, -0.2) is 0 Å². The number of rotatable bonds is 7. The highest BCUT2D eigenvalue weighted by Gasteiger charge is 2.32. The molecule has 0 spiro atoms. The molecule has 6 nitrogen and oxygen atoms in total. The number of amides is 1. The number of carbonyl (C=O) groups excluding carboxylic acids is 1. The summed E-state index contributed by atoms with van der Waals surface area (Å²) in [5.41, 5.74) is 6.95. The Labute approximate surface area is 148 Å². The van der Waals surface area contributed by atoms with Gasteiger partial charge in [-0.2, -0.15) is 0 Å². The first-order chi connectivity index (χ1) is 11.0. The second-order valence-electron chi connectivity index (χ2n) is 6.47. The van der Waals surface area contributed by atoms with Crippen LogP contribution in [0.4, 0.5) is 5.69 Å². The molecule has 0 unspecified atom stereocenters. The van der Waals surface area contributed by atoms with E-state index in [1.807, 2.05) is 0 Å². The highest BCUT2D eigenvalue weighted by molar-refractivity contribution is 5.85. The molecular weight excluding hydrogens is 330 g/mol. The number of nitro benzene ring substituents is 1. The molecule has 0 radical (unpaired) electrons. The number of carbonyl (C=O) groups is 1. The Morgan fingerprint density at radius 3 is 2.38 bits per heavy atom. The smallest absolute Gasteiger partial charge is 0.269 e. The summed E-state index contributed by atoms with van der Waals surface area (Å²) in [5.74, 6) is 0.0549. The number of hydrogen-bond donors (Lipinski definition) is 2. The summed E-state index contributed by atoms with van der Waals surface area (Å²) in [6.07, 6.45) is 6.81. The zero-order valence-corrected chi connectivity index (χ0v) is 14.6. The monoisotopic (exact) mass is 355 g/mol. The molecule has 7 heteroatoms. The van der Waals surface area contributed by atoms with Crippen LogP contribution in [0.15, 0.2) is 24.3 Å². The van der Waals surface area contributed by atoms with Crippen molar-refractivity contribution in [1.29, 1.82) is 0 Å². The van der Waals surface area contributed by atoms with Gasteiger partial charge < -0.3 is 11.1 Å². The maximum absolute atomic E-state index is 12.2. The molecule has 1 aromatic carbocycles. The Morgan fingerprint density at radius 1 is 1.21 bits per heavy atom. The molecule has 0 bridgehead atoms. The van der Waals surface area contributed by atoms with Gasteiger partial charge in [-0.1, -0.05) is 31.4 Å². The zero-order chi connectivity index (χ0) is 16.7. The number of halogens is 1. The Morgan fingerprint density at radius 2 is 1.83 bits per heavy atom. The fraction of sp³-hybridized carbons (Fsp3) is 0.588. The lowest BCUT2D eigenvalue weighted by Crippen LogP contribution is -2.39. The molecule has 0 saturated heterocycles. The molecule has 1 aliphatic carbocycles. The van der Waals surface area contributed by atoms with Crippen molar-refractivity contribution in [2.45, 2.75) is 44.9 Å². The Balaban J connectivity index is 0.00000288. The van der Waals surface area contributed by atoms with E-state index < -0.39 is 4.92 Å². The number of nitrogens with two attached hydrogens (primary N) is 1. The van der Waals surface area contributed by atoms with Crippen LogP contribution in [0.5, 0.6) is 0 Å². The molecular formula is C17H26ClN3O3. The largest absolute Gasteiger partial charge is 0.356 e. The molecule has 1 aliphatic rings. The van der Waals surface area contributed by atoms with Crippen LogP contribution >= 0.6 is 12.4 Å². The highest BCUT2D eigenvalue weighted by atomic mass is 35.5. The van der Waals surface area contributed by atoms with Gasteiger partial charge in [-0.15, -0.1) is 12.4 Å². The van der Waals surface area contributed by atoms with Gasteiger partial charge in [0, 0.05) is 25.1 Å². The molecule has 2 rings (SSSR count). The van der Waals surface area contributed by atoms with E-state index in [-0.39, 0.29) is 29.4 Å². The van der Waals surface area contributed by atoms with Crippen LogP contribution in [0.3, 0.4) is 0 Å². The van der Waals surface area contributed by atoms with Crippen LogP contribution in [0.2, 0.25) is 0 Å². The highest BCUT2D eigenvalue weighted by Crippen LogP contribution is 2.38. The second-order valence-corrected chi connectivity index (χ2v) is 6.47. The van der Waals surface area contributed by atoms with Crippen molar-refractivity contribution in [3.8, 4) is 0 Å². The van der Waals surface area contributed by atoms with E-state index in [1.165, 1.54) is 18.6 Å². The number of non-ortho nitro benzene ring substituents is 1. The maximum atomic E-state index is 12.2. The summed E-state index contributed by atoms with van der Waals surface area (Å²) >= 11 is 0. The lowest BCUT2D eigenvalue weighted by Gasteiger charge is -2.35. The first kappa shape index (κ1) is 20.4. The Kier molecular flexibility index (Phi) is 8.15. The first-order valence-electron chi connectivity index (χ1n) is 8.25. The fourth-order valence-electron chi connectivity index (χ4n) is 3.29. The van der Waals surface area contributed by atoms with E-state index in [4.69, 9.17) is 5.73 Å². The predicted molar refractivity (Wildman–Crippen MR) is 96.2 cm³/mol. The van der Waals surface area contributed by atoms with Crippen molar-refractivity contribution < 1.29 is 9.72 Å². The minimum absolute atomic E-state index is 0. The normalized spacial score (nSPS) is 16.0. The summed E-state index contributed by atoms with van der Waals surface area (Å²) in [4.78, 5) is 22.3. The van der Waals surface area contributed by atoms with Gasteiger partial charge in [0.2, 0.25) is 5.91 Å². The second kappa shape index (κ2) is 9.59. The van der Waals surface area contributed by atoms with Crippen molar-refractivity contribution in [3.05, 3.63) is 39.9 Å². The molecule has 1 amide bonds. The van der Waals surface area contributed by atoms with Crippen LogP contribution in [0.25, 0.3) is 0 Å². The third kappa shape index (κ3) is 5.76. The van der Waals surface area contributed by atoms with E-state index in [0.717, 1.165) is 31.2 Å². The molecule has 0 heterocycles. The quantitative estimate of drug-likeness (QED) is 0.580. The standard InChI is InChI=1S/C17H25N3O3.ClH/c18-13-17(9-2-1-3-10-17)12-16(21)19-11-8-14-4-6-15(7-5-14)20(22)23;/h4-7H,1-3,8-13,18H2,(H,19,21);1H. The summed E-state index contributed by atoms with van der Waals surface area (Å²) in [5, 5.41) is 13.5. The van der Waals surface area contributed by atoms with Crippen molar-refractivity contribution in [3.63, 3.8) is 0 Å². The minimum Gasteiger partial charge on any atom is -0.356 e. The van der Waals surface area contributed by atoms with Crippen molar-refractivity contribution in [2.24, 2.45) is 11.1 Å². The lowest BCUT2D eigenvalue weighted by atomic mass is 9.71. The fourth-order valence-corrected chi connectivity index (χ4v) is 3.29. The van der Waals surface area contributed by atoms with E-state index in [0.29, 0.717) is 25.9 Å². The molecule has 24 heavy (non-hydrogen) atoms. The van der Waals surface area contributed by atoms with Gasteiger partial charge in [-0.3, -0.25) is 14.9 Å². The van der Waals surface area contributed by atoms with E-state index in [9.17, 15) is 14.9 Å². The number of nitrogens with one attached hydrogen (secondary N) is 1.